The van der Waals surface area contributed by atoms with Crippen LogP contribution in [0.15, 0.2) is 53.8 Å². The van der Waals surface area contributed by atoms with Crippen LogP contribution in [0, 0.1) is 0 Å². The van der Waals surface area contributed by atoms with Gasteiger partial charge in [0.05, 0.1) is 32.6 Å². The highest BCUT2D eigenvalue weighted by molar-refractivity contribution is 5.83. The normalized spacial score (nSPS) is 15.3. The van der Waals surface area contributed by atoms with Crippen molar-refractivity contribution >= 4 is 12.0 Å². The van der Waals surface area contributed by atoms with Crippen LogP contribution in [0.1, 0.15) is 5.56 Å². The third-order valence-corrected chi connectivity index (χ3v) is 3.79. The summed E-state index contributed by atoms with van der Waals surface area (Å²) in [4.78, 5) is 5.62. The molecule has 0 spiro atoms. The number of nitrogens with zero attached hydrogens (tertiary/aromatic N) is 3. The quantitative estimate of drug-likeness (QED) is 0.806. The van der Waals surface area contributed by atoms with Crippen molar-refractivity contribution in [2.24, 2.45) is 5.10 Å². The zero-order chi connectivity index (χ0) is 15.2. The van der Waals surface area contributed by atoms with E-state index in [0.717, 1.165) is 43.3 Å². The first kappa shape index (κ1) is 14.4. The number of para-hydroxylation sites is 1. The number of nitrogens with one attached hydrogen (secondary N) is 1. The van der Waals surface area contributed by atoms with Gasteiger partial charge in [-0.05, 0) is 18.2 Å². The molecule has 22 heavy (non-hydrogen) atoms. The lowest BCUT2D eigenvalue weighted by Gasteiger charge is -2.28. The van der Waals surface area contributed by atoms with Crippen LogP contribution in [0.5, 0.6) is 5.75 Å². The first-order valence-electron chi connectivity index (χ1n) is 7.50. The van der Waals surface area contributed by atoms with Gasteiger partial charge in [-0.15, -0.1) is 0 Å². The third-order valence-electron chi connectivity index (χ3n) is 3.79. The van der Waals surface area contributed by atoms with E-state index < -0.39 is 0 Å². The maximum atomic E-state index is 5.34. The minimum absolute atomic E-state index is 0.851. The van der Waals surface area contributed by atoms with Crippen molar-refractivity contribution in [3.05, 3.63) is 54.2 Å². The molecule has 1 aromatic heterocycles. The number of benzene rings is 1. The van der Waals surface area contributed by atoms with E-state index in [0.29, 0.717) is 0 Å². The molecule has 2 heterocycles. The highest BCUT2D eigenvalue weighted by Gasteiger charge is 2.21. The Morgan fingerprint density at radius 2 is 1.82 bits per heavy atom. The number of H-pyrrole nitrogens is 1. The molecule has 0 amide bonds. The van der Waals surface area contributed by atoms with Crippen LogP contribution in [0.4, 0.5) is 5.82 Å². The smallest absolute Gasteiger partial charge is 0.274 e. The molecular weight excluding hydrogens is 276 g/mol. The fourth-order valence-electron chi connectivity index (χ4n) is 2.55. The summed E-state index contributed by atoms with van der Waals surface area (Å²) in [5, 5.41) is 6.68. The molecule has 0 aliphatic carbocycles. The zero-order valence-corrected chi connectivity index (χ0v) is 12.8. The molecule has 1 saturated heterocycles. The number of ether oxygens (including phenoxy) is 1. The maximum absolute atomic E-state index is 5.34. The zero-order valence-electron chi connectivity index (χ0n) is 12.8. The molecule has 1 aliphatic heterocycles. The Bertz CT molecular complexity index is 622. The summed E-state index contributed by atoms with van der Waals surface area (Å²) >= 11 is 0. The number of pyridine rings is 1. The second kappa shape index (κ2) is 6.93. The summed E-state index contributed by atoms with van der Waals surface area (Å²) in [5.74, 6) is 2.01. The fourth-order valence-corrected chi connectivity index (χ4v) is 2.55. The summed E-state index contributed by atoms with van der Waals surface area (Å²) < 4.78 is 5.34. The summed E-state index contributed by atoms with van der Waals surface area (Å²) in [6, 6.07) is 14.1. The molecule has 0 radical (unpaired) electrons. The molecule has 5 heteroatoms. The number of hydrazone groups is 1. The molecule has 2 aromatic rings. The number of aromatic amines is 1. The Morgan fingerprint density at radius 1 is 1.05 bits per heavy atom. The van der Waals surface area contributed by atoms with E-state index in [9.17, 15) is 0 Å². The lowest BCUT2D eigenvalue weighted by Crippen LogP contribution is -2.45. The number of hydrogen-bond acceptors (Lipinski definition) is 4. The molecule has 1 N–H and O–H groups in total. The molecule has 114 valence electrons. The Morgan fingerprint density at radius 3 is 2.55 bits per heavy atom. The highest BCUT2D eigenvalue weighted by atomic mass is 16.5. The minimum atomic E-state index is 0.851. The maximum Gasteiger partial charge on any atom is 0.274 e. The average molecular weight is 297 g/mol. The topological polar surface area (TPSA) is 42.2 Å². The summed E-state index contributed by atoms with van der Waals surface area (Å²) in [7, 11) is 1.68. The van der Waals surface area contributed by atoms with Gasteiger partial charge in [-0.3, -0.25) is 9.91 Å². The SMILES string of the molecule is COc1ccccc1/C=N\N1CCN(c2cccc[nH+]2)CC1. The van der Waals surface area contributed by atoms with Crippen molar-refractivity contribution in [1.82, 2.24) is 5.01 Å². The third kappa shape index (κ3) is 3.36. The fraction of sp³-hybridized carbons (Fsp3) is 0.294. The molecule has 0 unspecified atom stereocenters. The Hall–Kier alpha value is -2.56. The number of rotatable bonds is 4. The van der Waals surface area contributed by atoms with Crippen molar-refractivity contribution in [3.63, 3.8) is 0 Å². The van der Waals surface area contributed by atoms with Crippen LogP contribution in [0.25, 0.3) is 0 Å². The summed E-state index contributed by atoms with van der Waals surface area (Å²) in [6.07, 6.45) is 3.84. The van der Waals surface area contributed by atoms with Crippen LogP contribution in [-0.2, 0) is 0 Å². The monoisotopic (exact) mass is 297 g/mol. The van der Waals surface area contributed by atoms with Crippen molar-refractivity contribution in [3.8, 4) is 5.75 Å². The van der Waals surface area contributed by atoms with Gasteiger partial charge in [0.2, 0.25) is 0 Å². The van der Waals surface area contributed by atoms with E-state index in [4.69, 9.17) is 4.74 Å². The van der Waals surface area contributed by atoms with Gasteiger partial charge in [0, 0.05) is 11.6 Å². The lowest BCUT2D eigenvalue weighted by atomic mass is 10.2. The van der Waals surface area contributed by atoms with E-state index in [1.165, 1.54) is 0 Å². The molecule has 1 aromatic carbocycles. The van der Waals surface area contributed by atoms with Crippen molar-refractivity contribution in [1.29, 1.82) is 0 Å². The molecule has 1 aliphatic rings. The van der Waals surface area contributed by atoms with Gasteiger partial charge in [-0.25, -0.2) is 4.98 Å². The molecule has 3 rings (SSSR count). The first-order valence-corrected chi connectivity index (χ1v) is 7.50. The summed E-state index contributed by atoms with van der Waals surface area (Å²) in [6.45, 7) is 3.75. The number of methoxy groups -OCH3 is 1. The molecule has 5 nitrogen and oxygen atoms in total. The predicted octanol–water partition coefficient (Wildman–Crippen LogP) is 1.67. The Kier molecular flexibility index (Phi) is 4.53. The van der Waals surface area contributed by atoms with Gasteiger partial charge in [0.15, 0.2) is 0 Å². The van der Waals surface area contributed by atoms with Crippen LogP contribution in [0.3, 0.4) is 0 Å². The molecule has 0 bridgehead atoms. The van der Waals surface area contributed by atoms with Gasteiger partial charge >= 0.3 is 0 Å². The van der Waals surface area contributed by atoms with Crippen molar-refractivity contribution in [2.75, 3.05) is 38.2 Å². The first-order chi connectivity index (χ1) is 10.9. The van der Waals surface area contributed by atoms with Gasteiger partial charge in [0.1, 0.15) is 18.8 Å². The van der Waals surface area contributed by atoms with E-state index in [2.05, 4.69) is 32.1 Å². The summed E-state index contributed by atoms with van der Waals surface area (Å²) in [5.41, 5.74) is 1.00. The van der Waals surface area contributed by atoms with Gasteiger partial charge in [-0.2, -0.15) is 5.10 Å². The van der Waals surface area contributed by atoms with Crippen LogP contribution < -0.4 is 14.6 Å². The highest BCUT2D eigenvalue weighted by Crippen LogP contribution is 2.15. The minimum Gasteiger partial charge on any atom is -0.496 e. The number of hydrogen-bond donors (Lipinski definition) is 0. The average Bonchev–Trinajstić information content (AvgIpc) is 2.61. The van der Waals surface area contributed by atoms with Crippen molar-refractivity contribution in [2.45, 2.75) is 0 Å². The lowest BCUT2D eigenvalue weighted by molar-refractivity contribution is -0.364. The van der Waals surface area contributed by atoms with Gasteiger partial charge in [0.25, 0.3) is 5.82 Å². The number of anilines is 1. The molecule has 1 fully saturated rings. The van der Waals surface area contributed by atoms with Crippen LogP contribution in [-0.4, -0.2) is 44.5 Å². The number of piperazine rings is 1. The number of aromatic nitrogens is 1. The molecule has 0 atom stereocenters. The van der Waals surface area contributed by atoms with E-state index in [1.807, 2.05) is 42.7 Å². The van der Waals surface area contributed by atoms with E-state index in [1.54, 1.807) is 7.11 Å². The standard InChI is InChI=1S/C17H20N4O/c1-22-16-7-3-2-6-15(16)14-19-21-12-10-20(11-13-21)17-8-4-5-9-18-17/h2-9,14H,10-13H2,1H3/p+1/b19-14-. The van der Waals surface area contributed by atoms with Gasteiger partial charge in [-0.1, -0.05) is 18.2 Å². The van der Waals surface area contributed by atoms with Gasteiger partial charge < -0.3 is 4.74 Å². The Balaban J connectivity index is 1.59. The van der Waals surface area contributed by atoms with E-state index in [-0.39, 0.29) is 0 Å². The predicted molar refractivity (Wildman–Crippen MR) is 87.4 cm³/mol. The van der Waals surface area contributed by atoms with E-state index >= 15 is 0 Å². The molecule has 0 saturated carbocycles. The second-order valence-electron chi connectivity index (χ2n) is 5.18. The Labute approximate surface area is 130 Å². The largest absolute Gasteiger partial charge is 0.496 e. The second-order valence-corrected chi connectivity index (χ2v) is 5.18. The van der Waals surface area contributed by atoms with Crippen LogP contribution >= 0.6 is 0 Å². The van der Waals surface area contributed by atoms with Crippen molar-refractivity contribution < 1.29 is 9.72 Å². The van der Waals surface area contributed by atoms with Crippen LogP contribution in [0.2, 0.25) is 0 Å². The molecular formula is C17H21N4O+.